The third-order valence-corrected chi connectivity index (χ3v) is 5.76. The molecule has 2 heterocycles. The standard InChI is InChI=1S/C21H20N4O4S/c1-3-14-8-17-15(9-20(27)29-19(17)10-18(14)26)12-30-21-22-23-24-25(21)11-13-4-6-16(28-2)7-5-13/h4-10,26H,3,11-12H2,1-2H3. The molecule has 0 aliphatic carbocycles. The summed E-state index contributed by atoms with van der Waals surface area (Å²) in [6.45, 7) is 2.48. The molecule has 1 N–H and O–H groups in total. The molecule has 0 atom stereocenters. The van der Waals surface area contributed by atoms with Gasteiger partial charge in [-0.05, 0) is 51.7 Å². The number of rotatable bonds is 7. The fourth-order valence-electron chi connectivity index (χ4n) is 3.15. The minimum absolute atomic E-state index is 0.126. The second-order valence-electron chi connectivity index (χ2n) is 6.68. The summed E-state index contributed by atoms with van der Waals surface area (Å²) in [7, 11) is 1.63. The van der Waals surface area contributed by atoms with Crippen molar-refractivity contribution >= 4 is 22.7 Å². The number of hydrogen-bond donors (Lipinski definition) is 1. The van der Waals surface area contributed by atoms with E-state index in [9.17, 15) is 9.90 Å². The van der Waals surface area contributed by atoms with Gasteiger partial charge in [0, 0.05) is 23.3 Å². The van der Waals surface area contributed by atoms with Crippen LogP contribution in [0.3, 0.4) is 0 Å². The third-order valence-electron chi connectivity index (χ3n) is 4.76. The van der Waals surface area contributed by atoms with E-state index in [1.807, 2.05) is 37.3 Å². The predicted octanol–water partition coefficient (Wildman–Crippen LogP) is 3.40. The van der Waals surface area contributed by atoms with E-state index in [-0.39, 0.29) is 5.75 Å². The first-order chi connectivity index (χ1) is 14.6. The van der Waals surface area contributed by atoms with Gasteiger partial charge in [-0.1, -0.05) is 30.8 Å². The number of aromatic hydroxyl groups is 1. The Labute approximate surface area is 176 Å². The van der Waals surface area contributed by atoms with Crippen molar-refractivity contribution < 1.29 is 14.3 Å². The summed E-state index contributed by atoms with van der Waals surface area (Å²) in [5.74, 6) is 1.40. The lowest BCUT2D eigenvalue weighted by molar-refractivity contribution is 0.414. The highest BCUT2D eigenvalue weighted by atomic mass is 32.2. The van der Waals surface area contributed by atoms with Gasteiger partial charge in [-0.25, -0.2) is 9.48 Å². The Hall–Kier alpha value is -3.33. The molecule has 2 aromatic heterocycles. The quantitative estimate of drug-likeness (QED) is 0.356. The van der Waals surface area contributed by atoms with Crippen LogP contribution in [0.4, 0.5) is 0 Å². The zero-order valence-electron chi connectivity index (χ0n) is 16.5. The number of benzene rings is 2. The van der Waals surface area contributed by atoms with Gasteiger partial charge >= 0.3 is 5.63 Å². The Balaban J connectivity index is 1.57. The van der Waals surface area contributed by atoms with E-state index in [1.54, 1.807) is 11.8 Å². The van der Waals surface area contributed by atoms with Crippen molar-refractivity contribution in [1.82, 2.24) is 20.2 Å². The SMILES string of the molecule is CCc1cc2c(CSc3nnnn3Cc3ccc(OC)cc3)cc(=O)oc2cc1O. The molecule has 154 valence electrons. The summed E-state index contributed by atoms with van der Waals surface area (Å²) >= 11 is 1.43. The van der Waals surface area contributed by atoms with Crippen molar-refractivity contribution in [3.63, 3.8) is 0 Å². The number of aryl methyl sites for hydroxylation is 1. The fourth-order valence-corrected chi connectivity index (χ4v) is 4.02. The molecular formula is C21H20N4O4S. The first kappa shape index (κ1) is 20.0. The monoisotopic (exact) mass is 424 g/mol. The molecule has 0 aliphatic heterocycles. The van der Waals surface area contributed by atoms with Gasteiger partial charge in [0.05, 0.1) is 13.7 Å². The molecule has 8 nitrogen and oxygen atoms in total. The summed E-state index contributed by atoms with van der Waals surface area (Å²) in [5.41, 5.74) is 2.55. The van der Waals surface area contributed by atoms with Gasteiger partial charge in [-0.15, -0.1) is 5.10 Å². The Morgan fingerprint density at radius 3 is 2.70 bits per heavy atom. The van der Waals surface area contributed by atoms with E-state index in [0.717, 1.165) is 27.8 Å². The molecule has 0 saturated carbocycles. The van der Waals surface area contributed by atoms with Gasteiger partial charge in [0.1, 0.15) is 17.1 Å². The van der Waals surface area contributed by atoms with Gasteiger partial charge in [-0.2, -0.15) is 0 Å². The first-order valence-electron chi connectivity index (χ1n) is 9.38. The van der Waals surface area contributed by atoms with Crippen molar-refractivity contribution in [2.45, 2.75) is 30.8 Å². The number of aromatic nitrogens is 4. The molecule has 0 saturated heterocycles. The maximum Gasteiger partial charge on any atom is 0.336 e. The van der Waals surface area contributed by atoms with Gasteiger partial charge in [0.15, 0.2) is 0 Å². The Bertz CT molecular complexity index is 1230. The van der Waals surface area contributed by atoms with Gasteiger partial charge < -0.3 is 14.3 Å². The number of tetrazole rings is 1. The van der Waals surface area contributed by atoms with Crippen molar-refractivity contribution in [2.75, 3.05) is 7.11 Å². The maximum absolute atomic E-state index is 12.0. The zero-order chi connectivity index (χ0) is 21.1. The lowest BCUT2D eigenvalue weighted by atomic mass is 10.1. The molecule has 0 unspecified atom stereocenters. The zero-order valence-corrected chi connectivity index (χ0v) is 17.3. The number of nitrogens with zero attached hydrogens (tertiary/aromatic N) is 4. The smallest absolute Gasteiger partial charge is 0.336 e. The number of fused-ring (bicyclic) bond motifs is 1. The Kier molecular flexibility index (Phi) is 5.71. The molecule has 0 bridgehead atoms. The number of hydrogen-bond acceptors (Lipinski definition) is 8. The van der Waals surface area contributed by atoms with Gasteiger partial charge in [0.25, 0.3) is 0 Å². The maximum atomic E-state index is 12.0. The van der Waals surface area contributed by atoms with Crippen LogP contribution in [0.5, 0.6) is 11.5 Å². The molecule has 0 fully saturated rings. The van der Waals surface area contributed by atoms with Crippen LogP contribution in [0.1, 0.15) is 23.6 Å². The summed E-state index contributed by atoms with van der Waals surface area (Å²) in [6.07, 6.45) is 0.674. The summed E-state index contributed by atoms with van der Waals surface area (Å²) < 4.78 is 12.2. The number of thioether (sulfide) groups is 1. The minimum atomic E-state index is -0.459. The molecule has 0 aliphatic rings. The lowest BCUT2D eigenvalue weighted by Gasteiger charge is -2.09. The molecule has 30 heavy (non-hydrogen) atoms. The topological polar surface area (TPSA) is 103 Å². The molecule has 0 spiro atoms. The lowest BCUT2D eigenvalue weighted by Crippen LogP contribution is -2.05. The number of methoxy groups -OCH3 is 1. The molecular weight excluding hydrogens is 404 g/mol. The van der Waals surface area contributed by atoms with E-state index in [1.165, 1.54) is 23.9 Å². The number of ether oxygens (including phenoxy) is 1. The normalized spacial score (nSPS) is 11.1. The molecule has 0 radical (unpaired) electrons. The largest absolute Gasteiger partial charge is 0.508 e. The second kappa shape index (κ2) is 8.58. The highest BCUT2D eigenvalue weighted by Gasteiger charge is 2.13. The van der Waals surface area contributed by atoms with E-state index >= 15 is 0 Å². The van der Waals surface area contributed by atoms with Crippen molar-refractivity contribution in [3.8, 4) is 11.5 Å². The molecule has 0 amide bonds. The second-order valence-corrected chi connectivity index (χ2v) is 7.62. The highest BCUT2D eigenvalue weighted by Crippen LogP contribution is 2.30. The molecule has 4 aromatic rings. The number of phenols is 1. The van der Waals surface area contributed by atoms with E-state index < -0.39 is 5.63 Å². The molecule has 4 rings (SSSR count). The highest BCUT2D eigenvalue weighted by molar-refractivity contribution is 7.98. The van der Waals surface area contributed by atoms with Gasteiger partial charge in [0.2, 0.25) is 5.16 Å². The predicted molar refractivity (Wildman–Crippen MR) is 113 cm³/mol. The van der Waals surface area contributed by atoms with Crippen molar-refractivity contribution in [2.24, 2.45) is 0 Å². The average Bonchev–Trinajstić information content (AvgIpc) is 3.18. The Morgan fingerprint density at radius 1 is 1.17 bits per heavy atom. The first-order valence-corrected chi connectivity index (χ1v) is 10.4. The minimum Gasteiger partial charge on any atom is -0.508 e. The summed E-state index contributed by atoms with van der Waals surface area (Å²) in [4.78, 5) is 12.0. The fraction of sp³-hybridized carbons (Fsp3) is 0.238. The van der Waals surface area contributed by atoms with Crippen molar-refractivity contribution in [1.29, 1.82) is 0 Å². The molecule has 9 heteroatoms. The van der Waals surface area contributed by atoms with Crippen LogP contribution in [-0.2, 0) is 18.7 Å². The van der Waals surface area contributed by atoms with E-state index in [2.05, 4.69) is 15.5 Å². The van der Waals surface area contributed by atoms with Crippen LogP contribution in [0, 0.1) is 0 Å². The van der Waals surface area contributed by atoms with Crippen LogP contribution in [-0.4, -0.2) is 32.4 Å². The van der Waals surface area contributed by atoms with Crippen LogP contribution in [0.25, 0.3) is 11.0 Å². The van der Waals surface area contributed by atoms with E-state index in [0.29, 0.717) is 29.5 Å². The summed E-state index contributed by atoms with van der Waals surface area (Å²) in [5, 5.41) is 23.5. The Morgan fingerprint density at radius 2 is 1.97 bits per heavy atom. The van der Waals surface area contributed by atoms with Crippen LogP contribution < -0.4 is 10.4 Å². The van der Waals surface area contributed by atoms with Crippen LogP contribution >= 0.6 is 11.8 Å². The van der Waals surface area contributed by atoms with Crippen LogP contribution in [0.2, 0.25) is 0 Å². The molecule has 2 aromatic carbocycles. The van der Waals surface area contributed by atoms with E-state index in [4.69, 9.17) is 9.15 Å². The average molecular weight is 424 g/mol. The van der Waals surface area contributed by atoms with Crippen LogP contribution in [0.15, 0.2) is 56.8 Å². The summed E-state index contributed by atoms with van der Waals surface area (Å²) in [6, 6.07) is 12.5. The van der Waals surface area contributed by atoms with Crippen molar-refractivity contribution in [3.05, 3.63) is 69.6 Å². The number of phenolic OH excluding ortho intramolecular Hbond substituents is 1. The third kappa shape index (κ3) is 4.16. The van der Waals surface area contributed by atoms with Gasteiger partial charge in [-0.3, -0.25) is 0 Å².